The van der Waals surface area contributed by atoms with Crippen LogP contribution in [0.15, 0.2) is 71.6 Å². The number of amides is 4. The van der Waals surface area contributed by atoms with Gasteiger partial charge in [-0.2, -0.15) is 18.4 Å². The van der Waals surface area contributed by atoms with Crippen LogP contribution in [0, 0.1) is 23.7 Å². The largest absolute Gasteiger partial charge is 0.494 e. The molecule has 2 aromatic heterocycles. The van der Waals surface area contributed by atoms with Crippen LogP contribution in [0.5, 0.6) is 5.75 Å². The Balaban J connectivity index is 0.875. The zero-order valence-corrected chi connectivity index (χ0v) is 41.5. The maximum absolute atomic E-state index is 14.0. The minimum absolute atomic E-state index is 0.0487. The minimum atomic E-state index is -4.87. The van der Waals surface area contributed by atoms with Gasteiger partial charge in [-0.05, 0) is 100 Å². The van der Waals surface area contributed by atoms with E-state index in [0.717, 1.165) is 27.9 Å². The van der Waals surface area contributed by atoms with Crippen LogP contribution in [-0.2, 0) is 34.8 Å². The minimum Gasteiger partial charge on any atom is -0.494 e. The number of oxazole rings is 1. The van der Waals surface area contributed by atoms with Crippen LogP contribution >= 0.6 is 12.2 Å². The lowest BCUT2D eigenvalue weighted by molar-refractivity contribution is -0.144. The fraction of sp³-hybridized carbons (Fsp3) is 0.480. The van der Waals surface area contributed by atoms with E-state index >= 15 is 0 Å². The molecule has 71 heavy (non-hydrogen) atoms. The van der Waals surface area contributed by atoms with E-state index in [-0.39, 0.29) is 37.0 Å². The maximum atomic E-state index is 14.0. The van der Waals surface area contributed by atoms with Crippen molar-refractivity contribution in [1.29, 1.82) is 5.26 Å². The van der Waals surface area contributed by atoms with Gasteiger partial charge in [-0.3, -0.25) is 24.1 Å². The van der Waals surface area contributed by atoms with Crippen LogP contribution < -0.4 is 25.2 Å². The summed E-state index contributed by atoms with van der Waals surface area (Å²) in [7, 11) is 0. The summed E-state index contributed by atoms with van der Waals surface area (Å²) in [5.41, 5.74) is -1.31. The number of halogens is 3. The zero-order valence-electron chi connectivity index (χ0n) is 40.7. The molecule has 2 aliphatic heterocycles. The molecule has 0 unspecified atom stereocenters. The molecule has 0 saturated carbocycles. The molecule has 4 amide bonds. The van der Waals surface area contributed by atoms with Crippen molar-refractivity contribution in [1.82, 2.24) is 25.5 Å². The number of likely N-dealkylation sites (tertiary alicyclic amines) is 1. The number of aliphatic hydroxyl groups is 1. The number of β-amino-alcohol motifs (C(OH)–C–C–N with tert-alkyl or cyclic N) is 1. The average Bonchev–Trinajstić information content (AvgIpc) is 3.98. The van der Waals surface area contributed by atoms with Crippen molar-refractivity contribution in [3.63, 3.8) is 0 Å². The first-order chi connectivity index (χ1) is 33.5. The third-order valence-electron chi connectivity index (χ3n) is 12.1. The monoisotopic (exact) mass is 1000 g/mol. The number of benzene rings is 2. The molecule has 4 atom stereocenters. The van der Waals surface area contributed by atoms with Gasteiger partial charge < -0.3 is 44.2 Å². The zero-order chi connectivity index (χ0) is 51.8. The van der Waals surface area contributed by atoms with E-state index < -0.39 is 76.2 Å². The van der Waals surface area contributed by atoms with Crippen LogP contribution in [0.3, 0.4) is 0 Å². The number of aliphatic hydroxyl groups excluding tert-OH is 1. The normalized spacial score (nSPS) is 17.8. The average molecular weight is 1010 g/mol. The van der Waals surface area contributed by atoms with Gasteiger partial charge in [-0.15, -0.1) is 0 Å². The molecule has 2 saturated heterocycles. The predicted octanol–water partition coefficient (Wildman–Crippen LogP) is 6.80. The lowest BCUT2D eigenvalue weighted by Crippen LogP contribution is -2.58. The third-order valence-corrected chi connectivity index (χ3v) is 12.5. The van der Waals surface area contributed by atoms with Crippen molar-refractivity contribution >= 4 is 52.3 Å². The van der Waals surface area contributed by atoms with E-state index in [1.165, 1.54) is 22.3 Å². The van der Waals surface area contributed by atoms with Crippen LogP contribution in [0.25, 0.3) is 11.3 Å². The number of nitrogens with one attached hydrogen (secondary N) is 2. The number of rotatable bonds is 20. The standard InChI is InChI=1S/C50H59F3N8O9S/c1-30(32-11-13-33(14-12-32)42-31(2)56-29-70-42)57-44(64)40-24-36(62)27-59(40)45(65)43(48(3,4)5)58-41(63)28-68-21-10-20-67-19-8-9-22-69-37-17-15-34(16-18-37)61-47(71)60(46(66)49(61,6)7)35-23-38(50(51,52)53)39(25-54)55-26-35/h11-18,23,26,29-30,36,40,43,62H,8-10,19-22,24,27-28H2,1-7H3,(H,57,64)(H,58,63)/t30-,36+,40-,43+/m0/s1. The molecule has 0 aliphatic carbocycles. The Hall–Kier alpha value is -6.47. The lowest BCUT2D eigenvalue weighted by Gasteiger charge is -2.35. The quantitative estimate of drug-likeness (QED) is 0.0614. The molecule has 2 fully saturated rings. The number of carbonyl (C=O) groups excluding carboxylic acids is 4. The number of alkyl halides is 3. The van der Waals surface area contributed by atoms with E-state index in [2.05, 4.69) is 20.6 Å². The fourth-order valence-electron chi connectivity index (χ4n) is 8.27. The summed E-state index contributed by atoms with van der Waals surface area (Å²) in [6, 6.07) is 14.1. The number of unbranched alkanes of at least 4 members (excludes halogenated alkanes) is 1. The molecule has 0 radical (unpaired) electrons. The van der Waals surface area contributed by atoms with Gasteiger partial charge in [0.25, 0.3) is 5.91 Å². The fourth-order valence-corrected chi connectivity index (χ4v) is 8.79. The highest BCUT2D eigenvalue weighted by Crippen LogP contribution is 2.39. The summed E-state index contributed by atoms with van der Waals surface area (Å²) >= 11 is 5.59. The second-order valence-corrected chi connectivity index (χ2v) is 19.3. The summed E-state index contributed by atoms with van der Waals surface area (Å²) in [6.45, 7) is 13.4. The van der Waals surface area contributed by atoms with Gasteiger partial charge in [0.1, 0.15) is 36.0 Å². The summed E-state index contributed by atoms with van der Waals surface area (Å²) in [6.07, 6.45) is -1.42. The second kappa shape index (κ2) is 22.7. The lowest BCUT2D eigenvalue weighted by atomic mass is 9.85. The summed E-state index contributed by atoms with van der Waals surface area (Å²) in [5.74, 6) is -0.741. The van der Waals surface area contributed by atoms with Crippen molar-refractivity contribution in [2.24, 2.45) is 5.41 Å². The number of aromatic nitrogens is 2. The smallest absolute Gasteiger partial charge is 0.419 e. The molecule has 0 spiro atoms. The summed E-state index contributed by atoms with van der Waals surface area (Å²) in [5, 5.41) is 25.5. The molecule has 17 nitrogen and oxygen atoms in total. The van der Waals surface area contributed by atoms with E-state index in [9.17, 15) is 37.5 Å². The van der Waals surface area contributed by atoms with Crippen LogP contribution in [0.2, 0.25) is 0 Å². The Kier molecular flexibility index (Phi) is 17.3. The molecule has 0 bridgehead atoms. The number of thiocarbonyl (C=S) groups is 1. The van der Waals surface area contributed by atoms with Gasteiger partial charge in [-0.25, -0.2) is 9.97 Å². The molecule has 3 N–H and O–H groups in total. The molecule has 4 aromatic rings. The Morgan fingerprint density at radius 1 is 0.972 bits per heavy atom. The molecule has 6 rings (SSSR count). The van der Waals surface area contributed by atoms with Gasteiger partial charge in [-0.1, -0.05) is 45.0 Å². The Morgan fingerprint density at radius 2 is 1.63 bits per heavy atom. The molecular formula is C50H59F3N8O9S. The van der Waals surface area contributed by atoms with Gasteiger partial charge in [0, 0.05) is 44.0 Å². The highest BCUT2D eigenvalue weighted by molar-refractivity contribution is 7.81. The number of pyridine rings is 1. The maximum Gasteiger partial charge on any atom is 0.419 e. The number of anilines is 2. The van der Waals surface area contributed by atoms with Gasteiger partial charge >= 0.3 is 6.18 Å². The van der Waals surface area contributed by atoms with Crippen molar-refractivity contribution in [3.05, 3.63) is 89.7 Å². The van der Waals surface area contributed by atoms with Crippen molar-refractivity contribution < 1.29 is 56.1 Å². The number of hydrogen-bond acceptors (Lipinski definition) is 13. The molecule has 2 aromatic carbocycles. The Labute approximate surface area is 415 Å². The van der Waals surface area contributed by atoms with Gasteiger partial charge in [0.15, 0.2) is 23.0 Å². The molecule has 4 heterocycles. The number of aryl methyl sites for hydroxylation is 1. The number of nitriles is 1. The van der Waals surface area contributed by atoms with Crippen LogP contribution in [0.1, 0.15) is 95.8 Å². The molecule has 2 aliphatic rings. The molecular weight excluding hydrogens is 946 g/mol. The number of nitrogens with zero attached hydrogens (tertiary/aromatic N) is 6. The SMILES string of the molecule is Cc1ncoc1-c1ccc([C@H](C)NC(=O)[C@@H]2C[C@@H](O)CN2C(=O)[C@@H](NC(=O)COCCCOCCCCOc2ccc(N3C(=S)N(c4cnc(C#N)c(C(F)(F)F)c4)C(=O)C3(C)C)cc2)C(C)(C)C)cc1. The predicted molar refractivity (Wildman–Crippen MR) is 259 cm³/mol. The topological polar surface area (TPSA) is 213 Å². The van der Waals surface area contributed by atoms with E-state index in [1.807, 2.05) is 58.9 Å². The van der Waals surface area contributed by atoms with Crippen molar-refractivity contribution in [2.75, 3.05) is 49.4 Å². The van der Waals surface area contributed by atoms with E-state index in [1.54, 1.807) is 38.1 Å². The van der Waals surface area contributed by atoms with E-state index in [4.69, 9.17) is 36.1 Å². The molecule has 380 valence electrons. The first-order valence-electron chi connectivity index (χ1n) is 23.2. The van der Waals surface area contributed by atoms with Crippen molar-refractivity contribution in [2.45, 2.75) is 110 Å². The number of hydrogen-bond donors (Lipinski definition) is 3. The first-order valence-corrected chi connectivity index (χ1v) is 23.6. The van der Waals surface area contributed by atoms with Gasteiger partial charge in [0.05, 0.1) is 41.9 Å². The number of carbonyl (C=O) groups is 4. The van der Waals surface area contributed by atoms with Crippen LogP contribution in [0.4, 0.5) is 24.5 Å². The highest BCUT2D eigenvalue weighted by Gasteiger charge is 2.51. The third kappa shape index (κ3) is 12.9. The van der Waals surface area contributed by atoms with Crippen LogP contribution in [-0.4, -0.2) is 112 Å². The Morgan fingerprint density at radius 3 is 2.27 bits per heavy atom. The Bertz CT molecular complexity index is 2600. The summed E-state index contributed by atoms with van der Waals surface area (Å²) in [4.78, 5) is 65.8. The second-order valence-electron chi connectivity index (χ2n) is 19.0. The summed E-state index contributed by atoms with van der Waals surface area (Å²) < 4.78 is 63.7. The number of ether oxygens (including phenoxy) is 3. The van der Waals surface area contributed by atoms with Crippen molar-refractivity contribution in [3.8, 4) is 23.1 Å². The first kappa shape index (κ1) is 53.9. The van der Waals surface area contributed by atoms with E-state index in [0.29, 0.717) is 62.3 Å². The van der Waals surface area contributed by atoms with Gasteiger partial charge in [0.2, 0.25) is 17.7 Å². The highest BCUT2D eigenvalue weighted by atomic mass is 32.1. The molecule has 21 heteroatoms.